The van der Waals surface area contributed by atoms with Crippen molar-refractivity contribution in [2.75, 3.05) is 40.0 Å². The molecule has 0 amide bonds. The Hall–Kier alpha value is -2.02. The number of benzene rings is 2. The van der Waals surface area contributed by atoms with E-state index in [0.29, 0.717) is 26.3 Å². The monoisotopic (exact) mass is 495 g/mol. The standard InChI is InChI=1S/C22H29N3O6S2/c1-30-19-6-2-17(3-7-19)22(25-12-14-31-15-13-25)16-23-32(26,27)20-8-10-21(11-9-20)33(28,29)24-18-4-5-18/h2-3,6-11,18,22-24H,4-5,12-16H2,1H3. The summed E-state index contributed by atoms with van der Waals surface area (Å²) in [6, 6.07) is 12.6. The highest BCUT2D eigenvalue weighted by Gasteiger charge is 2.29. The van der Waals surface area contributed by atoms with Gasteiger partial charge in [-0.2, -0.15) is 0 Å². The number of rotatable bonds is 10. The fourth-order valence-electron chi connectivity index (χ4n) is 3.73. The molecule has 180 valence electrons. The Bertz CT molecular complexity index is 1140. The van der Waals surface area contributed by atoms with Crippen molar-refractivity contribution < 1.29 is 26.3 Å². The Kier molecular flexibility index (Phi) is 7.37. The van der Waals surface area contributed by atoms with E-state index in [1.54, 1.807) is 7.11 Å². The lowest BCUT2D eigenvalue weighted by Crippen LogP contribution is -2.43. The number of methoxy groups -OCH3 is 1. The van der Waals surface area contributed by atoms with E-state index in [-0.39, 0.29) is 28.4 Å². The molecule has 2 fully saturated rings. The molecule has 1 saturated heterocycles. The summed E-state index contributed by atoms with van der Waals surface area (Å²) in [7, 11) is -5.87. The van der Waals surface area contributed by atoms with Gasteiger partial charge in [-0.15, -0.1) is 0 Å². The largest absolute Gasteiger partial charge is 0.497 e. The van der Waals surface area contributed by atoms with Crippen LogP contribution < -0.4 is 14.2 Å². The van der Waals surface area contributed by atoms with Crippen molar-refractivity contribution in [1.29, 1.82) is 0 Å². The van der Waals surface area contributed by atoms with Crippen molar-refractivity contribution in [3.05, 3.63) is 54.1 Å². The second-order valence-electron chi connectivity index (χ2n) is 8.16. The van der Waals surface area contributed by atoms with Crippen LogP contribution in [0.4, 0.5) is 0 Å². The molecule has 1 unspecified atom stereocenters. The molecule has 4 rings (SSSR count). The number of ether oxygens (including phenoxy) is 2. The van der Waals surface area contributed by atoms with E-state index in [9.17, 15) is 16.8 Å². The third-order valence-corrected chi connectivity index (χ3v) is 8.77. The maximum atomic E-state index is 13.0. The first-order chi connectivity index (χ1) is 15.8. The van der Waals surface area contributed by atoms with Crippen LogP contribution in [0, 0.1) is 0 Å². The molecule has 2 aromatic rings. The molecule has 0 aromatic heterocycles. The first kappa shape index (κ1) is 24.1. The zero-order valence-corrected chi connectivity index (χ0v) is 20.1. The molecule has 1 heterocycles. The molecular formula is C22H29N3O6S2. The third kappa shape index (κ3) is 6.11. The number of sulfonamides is 2. The number of hydrogen-bond donors (Lipinski definition) is 2. The molecule has 2 N–H and O–H groups in total. The maximum absolute atomic E-state index is 13.0. The van der Waals surface area contributed by atoms with Gasteiger partial charge >= 0.3 is 0 Å². The molecule has 1 saturated carbocycles. The number of nitrogens with one attached hydrogen (secondary N) is 2. The van der Waals surface area contributed by atoms with Crippen molar-refractivity contribution in [3.8, 4) is 5.75 Å². The van der Waals surface area contributed by atoms with Crippen LogP contribution in [0.25, 0.3) is 0 Å². The molecule has 1 aliphatic carbocycles. The maximum Gasteiger partial charge on any atom is 0.240 e. The molecule has 2 aromatic carbocycles. The van der Waals surface area contributed by atoms with Gasteiger partial charge in [0.1, 0.15) is 5.75 Å². The summed E-state index contributed by atoms with van der Waals surface area (Å²) in [6.07, 6.45) is 1.65. The van der Waals surface area contributed by atoms with Gasteiger partial charge in [0.2, 0.25) is 20.0 Å². The number of hydrogen-bond acceptors (Lipinski definition) is 7. The normalized spacial score (nSPS) is 18.7. The minimum absolute atomic E-state index is 0.0170. The molecule has 33 heavy (non-hydrogen) atoms. The highest BCUT2D eigenvalue weighted by Crippen LogP contribution is 2.25. The Labute approximate surface area is 195 Å². The first-order valence-corrected chi connectivity index (χ1v) is 13.8. The van der Waals surface area contributed by atoms with E-state index >= 15 is 0 Å². The van der Waals surface area contributed by atoms with Gasteiger partial charge in [0.15, 0.2) is 0 Å². The summed E-state index contributed by atoms with van der Waals surface area (Å²) < 4.78 is 66.6. The van der Waals surface area contributed by atoms with Gasteiger partial charge in [0.25, 0.3) is 0 Å². The molecule has 11 heteroatoms. The van der Waals surface area contributed by atoms with E-state index in [1.807, 2.05) is 24.3 Å². The van der Waals surface area contributed by atoms with Crippen molar-refractivity contribution in [2.24, 2.45) is 0 Å². The van der Waals surface area contributed by atoms with Crippen molar-refractivity contribution in [1.82, 2.24) is 14.3 Å². The van der Waals surface area contributed by atoms with Crippen LogP contribution in [0.1, 0.15) is 24.4 Å². The van der Waals surface area contributed by atoms with Crippen LogP contribution in [0.5, 0.6) is 5.75 Å². The van der Waals surface area contributed by atoms with Crippen molar-refractivity contribution >= 4 is 20.0 Å². The number of morpholine rings is 1. The fourth-order valence-corrected chi connectivity index (χ4v) is 6.07. The zero-order valence-electron chi connectivity index (χ0n) is 18.4. The second kappa shape index (κ2) is 10.1. The van der Waals surface area contributed by atoms with Gasteiger partial charge in [-0.1, -0.05) is 12.1 Å². The predicted octanol–water partition coefficient (Wildman–Crippen LogP) is 1.49. The summed E-state index contributed by atoms with van der Waals surface area (Å²) in [4.78, 5) is 2.26. The van der Waals surface area contributed by atoms with Gasteiger partial charge < -0.3 is 9.47 Å². The van der Waals surface area contributed by atoms with Crippen LogP contribution in [0.15, 0.2) is 58.3 Å². The van der Waals surface area contributed by atoms with Crippen molar-refractivity contribution in [2.45, 2.75) is 34.7 Å². The van der Waals surface area contributed by atoms with Gasteiger partial charge in [0.05, 0.1) is 30.1 Å². The van der Waals surface area contributed by atoms with E-state index in [4.69, 9.17) is 9.47 Å². The van der Waals surface area contributed by atoms with E-state index < -0.39 is 20.0 Å². The van der Waals surface area contributed by atoms with E-state index in [2.05, 4.69) is 14.3 Å². The molecule has 0 spiro atoms. The van der Waals surface area contributed by atoms with Crippen LogP contribution in [0.3, 0.4) is 0 Å². The Morgan fingerprint density at radius 2 is 1.52 bits per heavy atom. The summed E-state index contributed by atoms with van der Waals surface area (Å²) in [5.41, 5.74) is 0.966. The lowest BCUT2D eigenvalue weighted by atomic mass is 10.0. The highest BCUT2D eigenvalue weighted by atomic mass is 32.2. The predicted molar refractivity (Wildman–Crippen MR) is 123 cm³/mol. The SMILES string of the molecule is COc1ccc(C(CNS(=O)(=O)c2ccc(S(=O)(=O)NC3CC3)cc2)N2CCOCC2)cc1. The van der Waals surface area contributed by atoms with Crippen LogP contribution >= 0.6 is 0 Å². The first-order valence-electron chi connectivity index (χ1n) is 10.9. The van der Waals surface area contributed by atoms with Gasteiger partial charge in [-0.3, -0.25) is 4.90 Å². The molecule has 9 nitrogen and oxygen atoms in total. The summed E-state index contributed by atoms with van der Waals surface area (Å²) in [5.74, 6) is 0.728. The fraction of sp³-hybridized carbons (Fsp3) is 0.455. The number of nitrogens with zero attached hydrogens (tertiary/aromatic N) is 1. The summed E-state index contributed by atoms with van der Waals surface area (Å²) in [6.45, 7) is 2.73. The molecule has 2 aliphatic rings. The zero-order chi connectivity index (χ0) is 23.5. The van der Waals surface area contributed by atoms with Gasteiger partial charge in [-0.05, 0) is 54.8 Å². The highest BCUT2D eigenvalue weighted by molar-refractivity contribution is 7.90. The molecule has 0 radical (unpaired) electrons. The molecule has 0 bridgehead atoms. The van der Waals surface area contributed by atoms with E-state index in [0.717, 1.165) is 24.2 Å². The smallest absolute Gasteiger partial charge is 0.240 e. The third-order valence-electron chi connectivity index (χ3n) is 5.80. The van der Waals surface area contributed by atoms with Gasteiger partial charge in [0, 0.05) is 31.7 Å². The van der Waals surface area contributed by atoms with Crippen molar-refractivity contribution in [3.63, 3.8) is 0 Å². The lowest BCUT2D eigenvalue weighted by molar-refractivity contribution is 0.0172. The average molecular weight is 496 g/mol. The Balaban J connectivity index is 1.48. The lowest BCUT2D eigenvalue weighted by Gasteiger charge is -2.35. The topological polar surface area (TPSA) is 114 Å². The average Bonchev–Trinajstić information content (AvgIpc) is 3.64. The van der Waals surface area contributed by atoms with E-state index in [1.165, 1.54) is 24.3 Å². The minimum atomic E-state index is -3.84. The van der Waals surface area contributed by atoms with Crippen LogP contribution in [-0.2, 0) is 24.8 Å². The quantitative estimate of drug-likeness (QED) is 0.513. The van der Waals surface area contributed by atoms with Crippen LogP contribution in [-0.4, -0.2) is 67.7 Å². The Morgan fingerprint density at radius 3 is 2.06 bits per heavy atom. The van der Waals surface area contributed by atoms with Crippen LogP contribution in [0.2, 0.25) is 0 Å². The summed E-state index contributed by atoms with van der Waals surface area (Å²) >= 11 is 0. The second-order valence-corrected chi connectivity index (χ2v) is 11.6. The molecule has 1 aliphatic heterocycles. The minimum Gasteiger partial charge on any atom is -0.497 e. The molecular weight excluding hydrogens is 466 g/mol. The molecule has 1 atom stereocenters. The Morgan fingerprint density at radius 1 is 0.939 bits per heavy atom. The summed E-state index contributed by atoms with van der Waals surface area (Å²) in [5, 5.41) is 0. The van der Waals surface area contributed by atoms with Gasteiger partial charge in [-0.25, -0.2) is 26.3 Å².